The number of furan rings is 1. The van der Waals surface area contributed by atoms with E-state index >= 15 is 0 Å². The van der Waals surface area contributed by atoms with Crippen LogP contribution in [0.15, 0.2) is 126 Å². The predicted molar refractivity (Wildman–Crippen MR) is 224 cm³/mol. The van der Waals surface area contributed by atoms with Gasteiger partial charge in [0.1, 0.15) is 16.8 Å². The average Bonchev–Trinajstić information content (AvgIpc) is 3.71. The Balaban J connectivity index is 1.36. The van der Waals surface area contributed by atoms with Crippen LogP contribution in [-0.2, 0) is 13.4 Å². The normalized spacial score (nSPS) is 13.4. The summed E-state index contributed by atoms with van der Waals surface area (Å²) in [6.45, 7) is 12.7. The van der Waals surface area contributed by atoms with E-state index < -0.39 is 18.0 Å². The first kappa shape index (κ1) is 34.8. The lowest BCUT2D eigenvalue weighted by molar-refractivity contribution is -0.633. The van der Waals surface area contributed by atoms with E-state index in [0.29, 0.717) is 0 Å². The number of benzene rings is 6. The molecule has 0 aliphatic carbocycles. The molecule has 0 unspecified atom stereocenters. The maximum Gasteiger partial charge on any atom is 0.394 e. The van der Waals surface area contributed by atoms with Crippen LogP contribution in [0.25, 0.3) is 72.3 Å². The Morgan fingerprint density at radius 1 is 0.696 bits per heavy atom. The van der Waals surface area contributed by atoms with Crippen molar-refractivity contribution in [2.45, 2.75) is 72.9 Å². The second-order valence-corrected chi connectivity index (χ2v) is 16.2. The molecule has 0 radical (unpaired) electrons. The third-order valence-corrected chi connectivity index (χ3v) is 11.2. The first-order valence-electron chi connectivity index (χ1n) is 20.3. The van der Waals surface area contributed by atoms with Crippen molar-refractivity contribution in [2.24, 2.45) is 12.5 Å². The molecule has 6 heteroatoms. The molecule has 0 bridgehead atoms. The van der Waals surface area contributed by atoms with E-state index in [1.165, 1.54) is 12.1 Å². The molecule has 0 atom stereocenters. The minimum absolute atomic E-state index is 0.00858. The van der Waals surface area contributed by atoms with Crippen molar-refractivity contribution in [2.75, 3.05) is 0 Å². The summed E-state index contributed by atoms with van der Waals surface area (Å²) in [6.07, 6.45) is -7.35. The molecule has 6 aromatic carbocycles. The van der Waals surface area contributed by atoms with Crippen LogP contribution in [0.5, 0.6) is 0 Å². The summed E-state index contributed by atoms with van der Waals surface area (Å²) in [4.78, 5) is 0. The highest BCUT2D eigenvalue weighted by molar-refractivity contribution is 6.10. The molecule has 0 N–H and O–H groups in total. The molecule has 0 saturated heterocycles. The van der Waals surface area contributed by atoms with Crippen molar-refractivity contribution in [3.8, 4) is 39.3 Å². The van der Waals surface area contributed by atoms with Gasteiger partial charge in [0, 0.05) is 24.6 Å². The lowest BCUT2D eigenvalue weighted by atomic mass is 9.84. The van der Waals surface area contributed by atoms with Crippen LogP contribution in [0.4, 0.5) is 13.2 Å². The van der Waals surface area contributed by atoms with Crippen LogP contribution in [0.3, 0.4) is 0 Å². The van der Waals surface area contributed by atoms with Gasteiger partial charge in [-0.1, -0.05) is 126 Å². The van der Waals surface area contributed by atoms with Crippen molar-refractivity contribution in [3.63, 3.8) is 0 Å². The summed E-state index contributed by atoms with van der Waals surface area (Å²) in [5.74, 6) is 1.17. The van der Waals surface area contributed by atoms with Crippen molar-refractivity contribution in [1.82, 2.24) is 4.57 Å². The van der Waals surface area contributed by atoms with E-state index in [1.54, 1.807) is 12.1 Å². The number of halogens is 3. The number of aryl methyl sites for hydroxylation is 2. The zero-order valence-electron chi connectivity index (χ0n) is 35.1. The van der Waals surface area contributed by atoms with Crippen molar-refractivity contribution in [3.05, 3.63) is 144 Å². The molecular formula is C50H48F3N2O+. The molecule has 2 aromatic heterocycles. The average molecular weight is 752 g/mol. The van der Waals surface area contributed by atoms with Crippen molar-refractivity contribution in [1.29, 1.82) is 0 Å². The van der Waals surface area contributed by atoms with Crippen LogP contribution < -0.4 is 4.57 Å². The van der Waals surface area contributed by atoms with Crippen LogP contribution in [-0.4, -0.2) is 10.7 Å². The highest BCUT2D eigenvalue weighted by Crippen LogP contribution is 2.44. The fraction of sp³-hybridized carbons (Fsp3) is 0.260. The van der Waals surface area contributed by atoms with E-state index in [0.717, 1.165) is 103 Å². The first-order chi connectivity index (χ1) is 27.4. The van der Waals surface area contributed by atoms with Gasteiger partial charge in [0.15, 0.2) is 16.6 Å². The van der Waals surface area contributed by atoms with Crippen LogP contribution in [0.2, 0.25) is 0 Å². The zero-order chi connectivity index (χ0) is 41.5. The molecule has 0 amide bonds. The minimum Gasteiger partial charge on any atom is -0.455 e. The van der Waals surface area contributed by atoms with Gasteiger partial charge in [0.25, 0.3) is 5.82 Å². The summed E-state index contributed by atoms with van der Waals surface area (Å²) < 4.78 is 70.6. The number of aromatic nitrogens is 2. The molecule has 8 aromatic rings. The molecule has 56 heavy (non-hydrogen) atoms. The summed E-state index contributed by atoms with van der Waals surface area (Å²) in [7, 11) is 2.11. The zero-order valence-corrected chi connectivity index (χ0v) is 33.1. The lowest BCUT2D eigenvalue weighted by Crippen LogP contribution is -2.34. The van der Waals surface area contributed by atoms with Crippen molar-refractivity contribution < 1.29 is 24.9 Å². The van der Waals surface area contributed by atoms with Gasteiger partial charge in [-0.2, -0.15) is 17.7 Å². The highest BCUT2D eigenvalue weighted by Gasteiger charge is 2.47. The van der Waals surface area contributed by atoms with Crippen LogP contribution >= 0.6 is 0 Å². The maximum atomic E-state index is 14.0. The van der Waals surface area contributed by atoms with Gasteiger partial charge >= 0.3 is 6.18 Å². The highest BCUT2D eigenvalue weighted by atomic mass is 19.4. The molecular weight excluding hydrogens is 702 g/mol. The number of imidazole rings is 1. The monoisotopic (exact) mass is 751 g/mol. The van der Waals surface area contributed by atoms with Crippen LogP contribution in [0.1, 0.15) is 78.4 Å². The summed E-state index contributed by atoms with van der Waals surface area (Å²) in [5.41, 5.74) is 10.5. The molecule has 0 aliphatic heterocycles. The van der Waals surface area contributed by atoms with E-state index in [9.17, 15) is 13.2 Å². The molecule has 0 fully saturated rings. The predicted octanol–water partition coefficient (Wildman–Crippen LogP) is 14.0. The number of alkyl halides is 3. The summed E-state index contributed by atoms with van der Waals surface area (Å²) in [6, 6.07) is 40.4. The molecule has 3 nitrogen and oxygen atoms in total. The first-order valence-corrected chi connectivity index (χ1v) is 19.3. The number of para-hydroxylation sites is 2. The third-order valence-electron chi connectivity index (χ3n) is 11.2. The Morgan fingerprint density at radius 2 is 1.29 bits per heavy atom. The number of fused-ring (bicyclic) bond motifs is 4. The van der Waals surface area contributed by atoms with E-state index in [2.05, 4.69) is 130 Å². The Hall–Kier alpha value is -5.62. The van der Waals surface area contributed by atoms with Crippen molar-refractivity contribution >= 4 is 33.0 Å². The van der Waals surface area contributed by atoms with Gasteiger partial charge in [-0.05, 0) is 94.9 Å². The molecule has 0 saturated carbocycles. The number of nitrogens with zero attached hydrogens (tertiary/aromatic N) is 2. The largest absolute Gasteiger partial charge is 0.455 e. The molecule has 284 valence electrons. The Kier molecular flexibility index (Phi) is 8.61. The Bertz CT molecular complexity index is 2820. The van der Waals surface area contributed by atoms with Gasteiger partial charge in [-0.15, -0.1) is 0 Å². The number of hydrogen-bond donors (Lipinski definition) is 0. The standard InChI is InChI=1S/C50H48F3N2O/c1-30(2)40-26-37(35-21-19-33(20-22-35)29-49(6,7)50(51,52)53)27-41(31(3)4)46(40)55-43-17-13-12-16-42(43)54(8)48(55)45-32(5)18-24-39-38-25-23-36(28-44(38)56-47(39)45)34-14-10-9-11-15-34/h9-28,30-31H,29H2,1-8H3/q+1/i29D2. The second kappa shape index (κ2) is 13.8. The van der Waals surface area contributed by atoms with E-state index in [4.69, 9.17) is 7.16 Å². The van der Waals surface area contributed by atoms with Gasteiger partial charge in [-0.25, -0.2) is 4.57 Å². The third kappa shape index (κ3) is 6.29. The smallest absolute Gasteiger partial charge is 0.394 e. The maximum absolute atomic E-state index is 14.0. The fourth-order valence-corrected chi connectivity index (χ4v) is 8.01. The van der Waals surface area contributed by atoms with Crippen LogP contribution in [0, 0.1) is 12.3 Å². The molecule has 8 rings (SSSR count). The SMILES string of the molecule is [2H]C([2H])(c1ccc(-c2cc(C(C)C)c(-n3c(-c4c(C)ccc5c4oc4cc(-c6ccccc6)ccc45)[n+](C)c4ccccc43)c(C(C)C)c2)cc1)C(C)(C)C(F)(F)F. The van der Waals surface area contributed by atoms with E-state index in [1.807, 2.05) is 18.2 Å². The molecule has 2 heterocycles. The molecule has 0 aliphatic rings. The van der Waals surface area contributed by atoms with E-state index in [-0.39, 0.29) is 17.4 Å². The van der Waals surface area contributed by atoms with Gasteiger partial charge in [0.05, 0.1) is 12.5 Å². The Labute approximate surface area is 329 Å². The quantitative estimate of drug-likeness (QED) is 0.142. The van der Waals surface area contributed by atoms with Gasteiger partial charge in [-0.3, -0.25) is 0 Å². The number of rotatable bonds is 8. The summed E-state index contributed by atoms with van der Waals surface area (Å²) >= 11 is 0. The number of hydrogen-bond acceptors (Lipinski definition) is 1. The fourth-order valence-electron chi connectivity index (χ4n) is 8.01. The second-order valence-electron chi connectivity index (χ2n) is 16.2. The Morgan fingerprint density at radius 3 is 1.93 bits per heavy atom. The van der Waals surface area contributed by atoms with Gasteiger partial charge in [0.2, 0.25) is 0 Å². The lowest BCUT2D eigenvalue weighted by Gasteiger charge is -2.27. The molecule has 0 spiro atoms. The van der Waals surface area contributed by atoms with Gasteiger partial charge < -0.3 is 4.42 Å². The topological polar surface area (TPSA) is 21.9 Å². The summed E-state index contributed by atoms with van der Waals surface area (Å²) in [5, 5.41) is 2.10. The minimum atomic E-state index is -4.72.